The third-order valence-corrected chi connectivity index (χ3v) is 2.47. The Kier molecular flexibility index (Phi) is 5.78. The maximum Gasteiger partial charge on any atom is 0.325 e. The molecule has 19 heavy (non-hydrogen) atoms. The number of rotatable bonds is 6. The average Bonchev–Trinajstić information content (AvgIpc) is 2.43. The summed E-state index contributed by atoms with van der Waals surface area (Å²) in [5, 5.41) is 0. The van der Waals surface area contributed by atoms with E-state index >= 15 is 0 Å². The summed E-state index contributed by atoms with van der Waals surface area (Å²) in [5.41, 5.74) is 0. The molecule has 0 fully saturated rings. The molecule has 0 spiro atoms. The minimum atomic E-state index is -0.536. The summed E-state index contributed by atoms with van der Waals surface area (Å²) in [6.07, 6.45) is 0. The third-order valence-electron chi connectivity index (χ3n) is 2.47. The minimum absolute atomic E-state index is 0.00460. The number of hydrogen-bond acceptors (Lipinski definition) is 4. The first-order valence-corrected chi connectivity index (χ1v) is 5.80. The summed E-state index contributed by atoms with van der Waals surface area (Å²) in [5.74, 6) is -1.45. The van der Waals surface area contributed by atoms with Crippen LogP contribution in [0.3, 0.4) is 0 Å². The first-order chi connectivity index (χ1) is 9.08. The van der Waals surface area contributed by atoms with Crippen LogP contribution < -0.4 is 4.74 Å². The number of likely N-dealkylation sites (N-methyl/N-ethyl adjacent to an activating group) is 1. The lowest BCUT2D eigenvalue weighted by Crippen LogP contribution is -2.39. The van der Waals surface area contributed by atoms with Crippen molar-refractivity contribution in [3.05, 3.63) is 30.1 Å². The van der Waals surface area contributed by atoms with Crippen LogP contribution in [0.4, 0.5) is 4.39 Å². The molecule has 0 aromatic heterocycles. The second-order valence-electron chi connectivity index (χ2n) is 3.70. The largest absolute Gasteiger partial charge is 0.481 e. The zero-order valence-corrected chi connectivity index (χ0v) is 10.9. The van der Waals surface area contributed by atoms with Crippen LogP contribution in [0.25, 0.3) is 0 Å². The van der Waals surface area contributed by atoms with Gasteiger partial charge in [0, 0.05) is 6.54 Å². The molecule has 0 aliphatic carbocycles. The highest BCUT2D eigenvalue weighted by Crippen LogP contribution is 2.15. The Morgan fingerprint density at radius 2 is 2.00 bits per heavy atom. The van der Waals surface area contributed by atoms with Gasteiger partial charge in [-0.3, -0.25) is 9.59 Å². The van der Waals surface area contributed by atoms with E-state index in [1.165, 1.54) is 30.2 Å². The van der Waals surface area contributed by atoms with Gasteiger partial charge in [0.25, 0.3) is 5.91 Å². The predicted molar refractivity (Wildman–Crippen MR) is 66.2 cm³/mol. The number of carbonyl (C=O) groups is 2. The van der Waals surface area contributed by atoms with Gasteiger partial charge < -0.3 is 14.4 Å². The summed E-state index contributed by atoms with van der Waals surface area (Å²) >= 11 is 0. The van der Waals surface area contributed by atoms with Gasteiger partial charge in [0.05, 0.1) is 7.11 Å². The van der Waals surface area contributed by atoms with Crippen LogP contribution in [0.5, 0.6) is 5.75 Å². The van der Waals surface area contributed by atoms with Crippen molar-refractivity contribution in [2.75, 3.05) is 26.8 Å². The molecule has 6 heteroatoms. The zero-order valence-electron chi connectivity index (χ0n) is 10.9. The van der Waals surface area contributed by atoms with Crippen molar-refractivity contribution in [1.82, 2.24) is 4.90 Å². The molecule has 0 radical (unpaired) electrons. The highest BCUT2D eigenvalue weighted by Gasteiger charge is 2.16. The summed E-state index contributed by atoms with van der Waals surface area (Å²) in [4.78, 5) is 24.1. The van der Waals surface area contributed by atoms with E-state index in [-0.39, 0.29) is 18.9 Å². The number of methoxy groups -OCH3 is 1. The molecular weight excluding hydrogens is 253 g/mol. The molecule has 1 aromatic rings. The number of halogens is 1. The molecule has 0 saturated carbocycles. The number of carbonyl (C=O) groups excluding carboxylic acids is 2. The molecule has 0 aliphatic rings. The predicted octanol–water partition coefficient (Wildman–Crippen LogP) is 1.23. The summed E-state index contributed by atoms with van der Waals surface area (Å²) < 4.78 is 22.8. The van der Waals surface area contributed by atoms with Crippen LogP contribution in [0.2, 0.25) is 0 Å². The molecule has 0 bridgehead atoms. The van der Waals surface area contributed by atoms with E-state index in [4.69, 9.17) is 4.74 Å². The van der Waals surface area contributed by atoms with Crippen LogP contribution in [0.1, 0.15) is 6.92 Å². The highest BCUT2D eigenvalue weighted by molar-refractivity contribution is 5.83. The molecule has 0 aliphatic heterocycles. The SMILES string of the molecule is CCN(CC(=O)OC)C(=O)COc1ccccc1F. The van der Waals surface area contributed by atoms with Crippen LogP contribution in [-0.4, -0.2) is 43.6 Å². The lowest BCUT2D eigenvalue weighted by molar-refractivity contribution is -0.147. The van der Waals surface area contributed by atoms with E-state index in [0.29, 0.717) is 6.54 Å². The summed E-state index contributed by atoms with van der Waals surface area (Å²) in [6, 6.07) is 5.81. The average molecular weight is 269 g/mol. The van der Waals surface area contributed by atoms with Gasteiger partial charge >= 0.3 is 5.97 Å². The Balaban J connectivity index is 2.54. The Labute approximate surface area is 110 Å². The lowest BCUT2D eigenvalue weighted by Gasteiger charge is -2.19. The van der Waals surface area contributed by atoms with Gasteiger partial charge in [0.15, 0.2) is 18.2 Å². The van der Waals surface area contributed by atoms with Gasteiger partial charge in [0.2, 0.25) is 0 Å². The molecule has 0 N–H and O–H groups in total. The van der Waals surface area contributed by atoms with Gasteiger partial charge in [-0.15, -0.1) is 0 Å². The first-order valence-electron chi connectivity index (χ1n) is 5.80. The van der Waals surface area contributed by atoms with E-state index in [0.717, 1.165) is 0 Å². The number of benzene rings is 1. The lowest BCUT2D eigenvalue weighted by atomic mass is 10.3. The fourth-order valence-electron chi connectivity index (χ4n) is 1.39. The Morgan fingerprint density at radius 1 is 1.32 bits per heavy atom. The van der Waals surface area contributed by atoms with Crippen LogP contribution in [-0.2, 0) is 14.3 Å². The zero-order chi connectivity index (χ0) is 14.3. The number of ether oxygens (including phenoxy) is 2. The summed E-state index contributed by atoms with van der Waals surface area (Å²) in [6.45, 7) is 1.59. The van der Waals surface area contributed by atoms with Gasteiger partial charge in [-0.05, 0) is 19.1 Å². The second kappa shape index (κ2) is 7.35. The quantitative estimate of drug-likeness (QED) is 0.729. The number of hydrogen-bond donors (Lipinski definition) is 0. The van der Waals surface area contributed by atoms with Crippen LogP contribution in [0, 0.1) is 5.82 Å². The van der Waals surface area contributed by atoms with Crippen molar-refractivity contribution in [3.8, 4) is 5.75 Å². The number of esters is 1. The normalized spacial score (nSPS) is 9.84. The Hall–Kier alpha value is -2.11. The molecule has 0 atom stereocenters. The van der Waals surface area contributed by atoms with Gasteiger partial charge in [-0.2, -0.15) is 0 Å². The van der Waals surface area contributed by atoms with E-state index in [1.807, 2.05) is 0 Å². The third kappa shape index (κ3) is 4.57. The van der Waals surface area contributed by atoms with E-state index in [2.05, 4.69) is 4.74 Å². The van der Waals surface area contributed by atoms with Gasteiger partial charge in [0.1, 0.15) is 6.54 Å². The van der Waals surface area contributed by atoms with Gasteiger partial charge in [-0.25, -0.2) is 4.39 Å². The minimum Gasteiger partial charge on any atom is -0.481 e. The van der Waals surface area contributed by atoms with Gasteiger partial charge in [-0.1, -0.05) is 12.1 Å². The molecule has 1 rings (SSSR count). The maximum absolute atomic E-state index is 13.3. The fourth-order valence-corrected chi connectivity index (χ4v) is 1.39. The van der Waals surface area contributed by atoms with Crippen molar-refractivity contribution in [2.45, 2.75) is 6.92 Å². The van der Waals surface area contributed by atoms with Crippen LogP contribution in [0.15, 0.2) is 24.3 Å². The Morgan fingerprint density at radius 3 is 2.58 bits per heavy atom. The molecule has 0 unspecified atom stereocenters. The van der Waals surface area contributed by atoms with Crippen molar-refractivity contribution in [2.24, 2.45) is 0 Å². The molecule has 104 valence electrons. The van der Waals surface area contributed by atoms with Crippen molar-refractivity contribution in [1.29, 1.82) is 0 Å². The van der Waals surface area contributed by atoms with Crippen molar-refractivity contribution < 1.29 is 23.5 Å². The van der Waals surface area contributed by atoms with Crippen molar-refractivity contribution >= 4 is 11.9 Å². The molecule has 0 saturated heterocycles. The molecule has 1 amide bonds. The van der Waals surface area contributed by atoms with E-state index in [1.54, 1.807) is 13.0 Å². The van der Waals surface area contributed by atoms with E-state index < -0.39 is 17.7 Å². The highest BCUT2D eigenvalue weighted by atomic mass is 19.1. The molecule has 5 nitrogen and oxygen atoms in total. The van der Waals surface area contributed by atoms with Crippen molar-refractivity contribution in [3.63, 3.8) is 0 Å². The standard InChI is InChI=1S/C13H16FNO4/c1-3-15(8-13(17)18-2)12(16)9-19-11-7-5-4-6-10(11)14/h4-7H,3,8-9H2,1-2H3. The number of amides is 1. The molecule has 1 aromatic carbocycles. The Bertz CT molecular complexity index is 450. The topological polar surface area (TPSA) is 55.8 Å². The number of para-hydroxylation sites is 1. The first kappa shape index (κ1) is 14.9. The van der Waals surface area contributed by atoms with E-state index in [9.17, 15) is 14.0 Å². The van der Waals surface area contributed by atoms with Crippen LogP contribution >= 0.6 is 0 Å². The smallest absolute Gasteiger partial charge is 0.325 e. The molecular formula is C13H16FNO4. The second-order valence-corrected chi connectivity index (χ2v) is 3.70. The molecule has 0 heterocycles. The monoisotopic (exact) mass is 269 g/mol. The summed E-state index contributed by atoms with van der Waals surface area (Å²) in [7, 11) is 1.25. The fraction of sp³-hybridized carbons (Fsp3) is 0.385. The maximum atomic E-state index is 13.3. The number of nitrogens with zero attached hydrogens (tertiary/aromatic N) is 1.